The number of ether oxygens (including phenoxy) is 2. The average Bonchev–Trinajstić information content (AvgIpc) is 3.13. The van der Waals surface area contributed by atoms with Gasteiger partial charge < -0.3 is 14.8 Å². The van der Waals surface area contributed by atoms with Gasteiger partial charge in [0.25, 0.3) is 11.6 Å². The van der Waals surface area contributed by atoms with Crippen molar-refractivity contribution >= 4 is 22.9 Å². The predicted octanol–water partition coefficient (Wildman–Crippen LogP) is 4.02. The van der Waals surface area contributed by atoms with Gasteiger partial charge in [-0.2, -0.15) is 0 Å². The van der Waals surface area contributed by atoms with Gasteiger partial charge in [0, 0.05) is 41.1 Å². The van der Waals surface area contributed by atoms with Gasteiger partial charge in [0.05, 0.1) is 24.8 Å². The van der Waals surface area contributed by atoms with Crippen molar-refractivity contribution in [2.45, 2.75) is 13.3 Å². The SMILES string of the molecule is COc1ccc(-c2nc(C)c(CCNC(=O)c3ccc([N+](=O)[O-])cc3)s2)cc1OC. The highest BCUT2D eigenvalue weighted by atomic mass is 32.1. The van der Waals surface area contributed by atoms with Crippen LogP contribution in [0.4, 0.5) is 5.69 Å². The summed E-state index contributed by atoms with van der Waals surface area (Å²) in [5.41, 5.74) is 2.18. The minimum atomic E-state index is -0.496. The van der Waals surface area contributed by atoms with Crippen LogP contribution in [0.2, 0.25) is 0 Å². The fraction of sp³-hybridized carbons (Fsp3) is 0.238. The average molecular weight is 427 g/mol. The van der Waals surface area contributed by atoms with E-state index in [0.29, 0.717) is 30.0 Å². The van der Waals surface area contributed by atoms with Gasteiger partial charge >= 0.3 is 0 Å². The standard InChI is InChI=1S/C21H21N3O5S/c1-13-19(10-11-22-20(25)14-4-7-16(8-5-14)24(26)27)30-21(23-13)15-6-9-17(28-2)18(12-15)29-3/h4-9,12H,10-11H2,1-3H3,(H,22,25). The van der Waals surface area contributed by atoms with Crippen molar-refractivity contribution in [3.8, 4) is 22.1 Å². The summed E-state index contributed by atoms with van der Waals surface area (Å²) in [6.07, 6.45) is 0.634. The molecule has 3 aromatic rings. The summed E-state index contributed by atoms with van der Waals surface area (Å²) >= 11 is 1.56. The number of carbonyl (C=O) groups is 1. The third kappa shape index (κ3) is 4.74. The second-order valence-corrected chi connectivity index (χ2v) is 7.49. The number of nitro groups is 1. The minimum Gasteiger partial charge on any atom is -0.493 e. The van der Waals surface area contributed by atoms with Gasteiger partial charge in [-0.25, -0.2) is 4.98 Å². The Bertz CT molecular complexity index is 1060. The molecule has 3 rings (SSSR count). The summed E-state index contributed by atoms with van der Waals surface area (Å²) in [6, 6.07) is 11.2. The molecule has 0 aliphatic carbocycles. The topological polar surface area (TPSA) is 104 Å². The highest BCUT2D eigenvalue weighted by molar-refractivity contribution is 7.15. The van der Waals surface area contributed by atoms with Crippen molar-refractivity contribution in [2.75, 3.05) is 20.8 Å². The Kier molecular flexibility index (Phi) is 6.63. The third-order valence-electron chi connectivity index (χ3n) is 4.50. The lowest BCUT2D eigenvalue weighted by Gasteiger charge is -2.08. The molecule has 0 saturated heterocycles. The van der Waals surface area contributed by atoms with Crippen molar-refractivity contribution in [3.05, 3.63) is 68.7 Å². The number of carbonyl (C=O) groups excluding carboxylic acids is 1. The molecule has 1 heterocycles. The van der Waals surface area contributed by atoms with Crippen LogP contribution in [0, 0.1) is 17.0 Å². The molecule has 0 atom stereocenters. The van der Waals surface area contributed by atoms with Crippen LogP contribution < -0.4 is 14.8 Å². The minimum absolute atomic E-state index is 0.0467. The Hall–Kier alpha value is -3.46. The van der Waals surface area contributed by atoms with Gasteiger partial charge in [-0.3, -0.25) is 14.9 Å². The van der Waals surface area contributed by atoms with E-state index in [1.54, 1.807) is 25.6 Å². The number of nitrogens with one attached hydrogen (secondary N) is 1. The summed E-state index contributed by atoms with van der Waals surface area (Å²) in [7, 11) is 3.18. The molecule has 2 aromatic carbocycles. The van der Waals surface area contributed by atoms with Gasteiger partial charge in [0.2, 0.25) is 0 Å². The molecule has 1 amide bonds. The lowest BCUT2D eigenvalue weighted by molar-refractivity contribution is -0.384. The quantitative estimate of drug-likeness (QED) is 0.430. The van der Waals surface area contributed by atoms with Crippen LogP contribution in [0.3, 0.4) is 0 Å². The van der Waals surface area contributed by atoms with Gasteiger partial charge in [-0.15, -0.1) is 11.3 Å². The highest BCUT2D eigenvalue weighted by Gasteiger charge is 2.13. The normalized spacial score (nSPS) is 10.5. The van der Waals surface area contributed by atoms with Crippen LogP contribution >= 0.6 is 11.3 Å². The second-order valence-electron chi connectivity index (χ2n) is 6.41. The van der Waals surface area contributed by atoms with Crippen LogP contribution in [-0.4, -0.2) is 36.6 Å². The number of non-ortho nitro benzene ring substituents is 1. The zero-order valence-electron chi connectivity index (χ0n) is 16.8. The van der Waals surface area contributed by atoms with E-state index in [-0.39, 0.29) is 11.6 Å². The zero-order valence-corrected chi connectivity index (χ0v) is 17.6. The summed E-state index contributed by atoms with van der Waals surface area (Å²) in [4.78, 5) is 28.2. The van der Waals surface area contributed by atoms with Crippen molar-refractivity contribution in [2.24, 2.45) is 0 Å². The molecule has 0 radical (unpaired) electrons. The van der Waals surface area contributed by atoms with Crippen molar-refractivity contribution < 1.29 is 19.2 Å². The number of rotatable bonds is 8. The van der Waals surface area contributed by atoms with Crippen molar-refractivity contribution in [1.82, 2.24) is 10.3 Å². The predicted molar refractivity (Wildman–Crippen MR) is 115 cm³/mol. The molecular weight excluding hydrogens is 406 g/mol. The zero-order chi connectivity index (χ0) is 21.7. The second kappa shape index (κ2) is 9.36. The first-order valence-corrected chi connectivity index (χ1v) is 9.96. The monoisotopic (exact) mass is 427 g/mol. The maximum atomic E-state index is 12.2. The van der Waals surface area contributed by atoms with Gasteiger partial charge in [-0.1, -0.05) is 0 Å². The van der Waals surface area contributed by atoms with Crippen LogP contribution in [0.5, 0.6) is 11.5 Å². The molecule has 0 bridgehead atoms. The van der Waals surface area contributed by atoms with E-state index in [4.69, 9.17) is 9.47 Å². The molecule has 0 unspecified atom stereocenters. The summed E-state index contributed by atoms with van der Waals surface area (Å²) in [5, 5.41) is 14.4. The molecular formula is C21H21N3O5S. The lowest BCUT2D eigenvalue weighted by atomic mass is 10.2. The molecule has 0 saturated carbocycles. The number of benzene rings is 2. The molecule has 156 valence electrons. The van der Waals surface area contributed by atoms with Crippen molar-refractivity contribution in [3.63, 3.8) is 0 Å². The van der Waals surface area contributed by atoms with Gasteiger partial charge in [0.15, 0.2) is 11.5 Å². The molecule has 8 nitrogen and oxygen atoms in total. The summed E-state index contributed by atoms with van der Waals surface area (Å²) in [6.45, 7) is 2.37. The lowest BCUT2D eigenvalue weighted by Crippen LogP contribution is -2.25. The number of hydrogen-bond donors (Lipinski definition) is 1. The Morgan fingerprint density at radius 2 is 1.83 bits per heavy atom. The molecule has 0 aliphatic rings. The number of amides is 1. The van der Waals surface area contributed by atoms with E-state index >= 15 is 0 Å². The Balaban J connectivity index is 1.64. The number of aromatic nitrogens is 1. The van der Waals surface area contributed by atoms with Crippen LogP contribution in [0.15, 0.2) is 42.5 Å². The first kappa shape index (κ1) is 21.3. The highest BCUT2D eigenvalue weighted by Crippen LogP contribution is 2.35. The fourth-order valence-corrected chi connectivity index (χ4v) is 3.94. The number of methoxy groups -OCH3 is 2. The number of thiazole rings is 1. The molecule has 30 heavy (non-hydrogen) atoms. The smallest absolute Gasteiger partial charge is 0.269 e. The first-order valence-electron chi connectivity index (χ1n) is 9.14. The Morgan fingerprint density at radius 1 is 1.13 bits per heavy atom. The van der Waals surface area contributed by atoms with Crippen LogP contribution in [-0.2, 0) is 6.42 Å². The fourth-order valence-electron chi connectivity index (χ4n) is 2.88. The van der Waals surface area contributed by atoms with E-state index in [2.05, 4.69) is 10.3 Å². The van der Waals surface area contributed by atoms with Gasteiger partial charge in [0.1, 0.15) is 5.01 Å². The maximum absolute atomic E-state index is 12.2. The largest absolute Gasteiger partial charge is 0.493 e. The van der Waals surface area contributed by atoms with Crippen LogP contribution in [0.25, 0.3) is 10.6 Å². The van der Waals surface area contributed by atoms with E-state index in [0.717, 1.165) is 21.1 Å². The molecule has 0 spiro atoms. The Labute approximate surface area is 177 Å². The van der Waals surface area contributed by atoms with E-state index in [1.807, 2.05) is 25.1 Å². The van der Waals surface area contributed by atoms with Crippen molar-refractivity contribution in [1.29, 1.82) is 0 Å². The summed E-state index contributed by atoms with van der Waals surface area (Å²) in [5.74, 6) is 1.02. The number of aryl methyl sites for hydroxylation is 1. The van der Waals surface area contributed by atoms with Gasteiger partial charge in [-0.05, 0) is 37.3 Å². The number of nitro benzene ring substituents is 1. The maximum Gasteiger partial charge on any atom is 0.269 e. The number of nitrogens with zero attached hydrogens (tertiary/aromatic N) is 2. The molecule has 1 aromatic heterocycles. The van der Waals surface area contributed by atoms with Crippen LogP contribution in [0.1, 0.15) is 20.9 Å². The third-order valence-corrected chi connectivity index (χ3v) is 5.77. The first-order chi connectivity index (χ1) is 14.4. The molecule has 0 aliphatic heterocycles. The van der Waals surface area contributed by atoms with E-state index in [9.17, 15) is 14.9 Å². The summed E-state index contributed by atoms with van der Waals surface area (Å²) < 4.78 is 10.6. The van der Waals surface area contributed by atoms with E-state index < -0.39 is 4.92 Å². The molecule has 1 N–H and O–H groups in total. The number of hydrogen-bond acceptors (Lipinski definition) is 7. The molecule has 9 heteroatoms. The molecule has 0 fully saturated rings. The Morgan fingerprint density at radius 3 is 2.47 bits per heavy atom. The van der Waals surface area contributed by atoms with E-state index in [1.165, 1.54) is 24.3 Å².